The molecule has 110 valence electrons. The van der Waals surface area contributed by atoms with Crippen LogP contribution in [0, 0.1) is 17.5 Å². The van der Waals surface area contributed by atoms with Crippen molar-refractivity contribution in [2.75, 3.05) is 18.0 Å². The summed E-state index contributed by atoms with van der Waals surface area (Å²) in [6, 6.07) is 9.99. The fraction of sp³-hybridized carbons (Fsp3) is 0.250. The summed E-state index contributed by atoms with van der Waals surface area (Å²) in [7, 11) is 0. The van der Waals surface area contributed by atoms with Gasteiger partial charge in [-0.15, -0.1) is 0 Å². The van der Waals surface area contributed by atoms with Gasteiger partial charge in [-0.3, -0.25) is 0 Å². The number of rotatable bonds is 3. The SMILES string of the molecule is Fc1ccc(N(c2ccc(F)c(F)c2)[C@H]2CCNC2)cc1. The van der Waals surface area contributed by atoms with Gasteiger partial charge in [0.15, 0.2) is 11.6 Å². The summed E-state index contributed by atoms with van der Waals surface area (Å²) >= 11 is 0. The van der Waals surface area contributed by atoms with Crippen LogP contribution in [0.1, 0.15) is 6.42 Å². The molecule has 0 aromatic heterocycles. The third kappa shape index (κ3) is 2.88. The van der Waals surface area contributed by atoms with Gasteiger partial charge in [0.05, 0.1) is 0 Å². The molecule has 1 fully saturated rings. The van der Waals surface area contributed by atoms with Gasteiger partial charge in [0, 0.05) is 30.0 Å². The fourth-order valence-electron chi connectivity index (χ4n) is 2.67. The van der Waals surface area contributed by atoms with Crippen molar-refractivity contribution in [3.63, 3.8) is 0 Å². The number of hydrogen-bond acceptors (Lipinski definition) is 2. The molecule has 0 aliphatic carbocycles. The molecule has 1 aliphatic heterocycles. The summed E-state index contributed by atoms with van der Waals surface area (Å²) < 4.78 is 39.8. The molecule has 0 unspecified atom stereocenters. The van der Waals surface area contributed by atoms with Crippen LogP contribution in [0.15, 0.2) is 42.5 Å². The quantitative estimate of drug-likeness (QED) is 0.930. The Labute approximate surface area is 121 Å². The number of hydrogen-bond donors (Lipinski definition) is 1. The van der Waals surface area contributed by atoms with Gasteiger partial charge < -0.3 is 10.2 Å². The molecule has 2 aromatic rings. The fourth-order valence-corrected chi connectivity index (χ4v) is 2.67. The minimum absolute atomic E-state index is 0.125. The third-order valence-electron chi connectivity index (χ3n) is 3.69. The molecule has 1 aliphatic rings. The van der Waals surface area contributed by atoms with E-state index in [2.05, 4.69) is 5.32 Å². The van der Waals surface area contributed by atoms with E-state index < -0.39 is 11.6 Å². The first-order chi connectivity index (χ1) is 10.1. The molecule has 1 heterocycles. The molecule has 0 amide bonds. The highest BCUT2D eigenvalue weighted by atomic mass is 19.2. The minimum Gasteiger partial charge on any atom is -0.337 e. The molecule has 0 saturated carbocycles. The summed E-state index contributed by atoms with van der Waals surface area (Å²) in [6.45, 7) is 1.61. The zero-order valence-electron chi connectivity index (χ0n) is 11.3. The summed E-state index contributed by atoms with van der Waals surface area (Å²) in [5, 5.41) is 3.25. The highest BCUT2D eigenvalue weighted by Gasteiger charge is 2.24. The van der Waals surface area contributed by atoms with Crippen molar-refractivity contribution >= 4 is 11.4 Å². The average molecular weight is 292 g/mol. The molecular weight excluding hydrogens is 277 g/mol. The minimum atomic E-state index is -0.884. The van der Waals surface area contributed by atoms with Gasteiger partial charge in [0.25, 0.3) is 0 Å². The Morgan fingerprint density at radius 1 is 0.905 bits per heavy atom. The molecule has 2 aromatic carbocycles. The first-order valence-electron chi connectivity index (χ1n) is 6.86. The Morgan fingerprint density at radius 2 is 1.62 bits per heavy atom. The molecule has 2 nitrogen and oxygen atoms in total. The number of nitrogens with zero attached hydrogens (tertiary/aromatic N) is 1. The van der Waals surface area contributed by atoms with Crippen molar-refractivity contribution in [3.05, 3.63) is 59.9 Å². The smallest absolute Gasteiger partial charge is 0.160 e. The predicted octanol–water partition coefficient (Wildman–Crippen LogP) is 3.60. The second-order valence-corrected chi connectivity index (χ2v) is 5.09. The first-order valence-corrected chi connectivity index (χ1v) is 6.86. The van der Waals surface area contributed by atoms with Crippen LogP contribution in [0.2, 0.25) is 0 Å². The van der Waals surface area contributed by atoms with E-state index in [1.54, 1.807) is 18.2 Å². The van der Waals surface area contributed by atoms with Crippen LogP contribution < -0.4 is 10.2 Å². The topological polar surface area (TPSA) is 15.3 Å². The number of benzene rings is 2. The van der Waals surface area contributed by atoms with E-state index in [0.717, 1.165) is 31.3 Å². The van der Waals surface area contributed by atoms with Gasteiger partial charge in [-0.05, 0) is 49.4 Å². The van der Waals surface area contributed by atoms with Gasteiger partial charge >= 0.3 is 0 Å². The largest absolute Gasteiger partial charge is 0.337 e. The number of halogens is 3. The van der Waals surface area contributed by atoms with Gasteiger partial charge in [0.2, 0.25) is 0 Å². The zero-order chi connectivity index (χ0) is 14.8. The summed E-state index contributed by atoms with van der Waals surface area (Å²) in [4.78, 5) is 1.92. The van der Waals surface area contributed by atoms with Crippen molar-refractivity contribution in [2.45, 2.75) is 12.5 Å². The Bertz CT molecular complexity index is 622. The average Bonchev–Trinajstić information content (AvgIpc) is 2.99. The summed E-state index contributed by atoms with van der Waals surface area (Å²) in [6.07, 6.45) is 0.885. The highest BCUT2D eigenvalue weighted by Crippen LogP contribution is 2.31. The van der Waals surface area contributed by atoms with E-state index in [4.69, 9.17) is 0 Å². The lowest BCUT2D eigenvalue weighted by atomic mass is 10.1. The van der Waals surface area contributed by atoms with Crippen LogP contribution in [-0.4, -0.2) is 19.1 Å². The Balaban J connectivity index is 2.02. The second-order valence-electron chi connectivity index (χ2n) is 5.09. The molecule has 21 heavy (non-hydrogen) atoms. The van der Waals surface area contributed by atoms with Crippen molar-refractivity contribution in [1.82, 2.24) is 5.32 Å². The van der Waals surface area contributed by atoms with E-state index in [9.17, 15) is 13.2 Å². The Hall–Kier alpha value is -2.01. The number of nitrogens with one attached hydrogen (secondary N) is 1. The molecule has 1 atom stereocenters. The molecule has 5 heteroatoms. The van der Waals surface area contributed by atoms with Gasteiger partial charge in [-0.25, -0.2) is 13.2 Å². The van der Waals surface area contributed by atoms with Crippen molar-refractivity contribution in [1.29, 1.82) is 0 Å². The van der Waals surface area contributed by atoms with E-state index in [1.165, 1.54) is 18.2 Å². The van der Waals surface area contributed by atoms with Crippen LogP contribution in [0.3, 0.4) is 0 Å². The Morgan fingerprint density at radius 3 is 2.24 bits per heavy atom. The maximum atomic E-state index is 13.5. The maximum Gasteiger partial charge on any atom is 0.160 e. The van der Waals surface area contributed by atoms with E-state index in [0.29, 0.717) is 5.69 Å². The van der Waals surface area contributed by atoms with Crippen LogP contribution in [0.5, 0.6) is 0 Å². The third-order valence-corrected chi connectivity index (χ3v) is 3.69. The lowest BCUT2D eigenvalue weighted by Crippen LogP contribution is -2.33. The second kappa shape index (κ2) is 5.77. The molecule has 0 bridgehead atoms. The molecule has 0 spiro atoms. The lowest BCUT2D eigenvalue weighted by molar-refractivity contribution is 0.508. The van der Waals surface area contributed by atoms with E-state index in [1.807, 2.05) is 4.90 Å². The Kier molecular flexibility index (Phi) is 3.84. The summed E-state index contributed by atoms with van der Waals surface area (Å²) in [5.74, 6) is -2.08. The molecular formula is C16H15F3N2. The van der Waals surface area contributed by atoms with E-state index in [-0.39, 0.29) is 11.9 Å². The van der Waals surface area contributed by atoms with Crippen molar-refractivity contribution < 1.29 is 13.2 Å². The lowest BCUT2D eigenvalue weighted by Gasteiger charge is -2.31. The van der Waals surface area contributed by atoms with Gasteiger partial charge in [-0.1, -0.05) is 0 Å². The van der Waals surface area contributed by atoms with Crippen molar-refractivity contribution in [2.24, 2.45) is 0 Å². The summed E-state index contributed by atoms with van der Waals surface area (Å²) in [5.41, 5.74) is 1.32. The van der Waals surface area contributed by atoms with Crippen molar-refractivity contribution in [3.8, 4) is 0 Å². The van der Waals surface area contributed by atoms with Crippen LogP contribution in [-0.2, 0) is 0 Å². The molecule has 3 rings (SSSR count). The molecule has 1 saturated heterocycles. The maximum absolute atomic E-state index is 13.5. The monoisotopic (exact) mass is 292 g/mol. The van der Waals surface area contributed by atoms with Crippen LogP contribution in [0.25, 0.3) is 0 Å². The highest BCUT2D eigenvalue weighted by molar-refractivity contribution is 5.64. The van der Waals surface area contributed by atoms with Crippen LogP contribution >= 0.6 is 0 Å². The number of anilines is 2. The normalized spacial score (nSPS) is 18.0. The molecule has 1 N–H and O–H groups in total. The van der Waals surface area contributed by atoms with Crippen LogP contribution in [0.4, 0.5) is 24.5 Å². The van der Waals surface area contributed by atoms with E-state index >= 15 is 0 Å². The van der Waals surface area contributed by atoms with Gasteiger partial charge in [-0.2, -0.15) is 0 Å². The van der Waals surface area contributed by atoms with Gasteiger partial charge in [0.1, 0.15) is 5.82 Å². The zero-order valence-corrected chi connectivity index (χ0v) is 11.3. The standard InChI is InChI=1S/C16H15F3N2/c17-11-1-3-12(4-2-11)21(14-7-8-20-10-14)13-5-6-15(18)16(19)9-13/h1-6,9,14,20H,7-8,10H2/t14-/m0/s1. The molecule has 0 radical (unpaired) electrons. The predicted molar refractivity (Wildman–Crippen MR) is 76.2 cm³/mol. The first kappa shape index (κ1) is 13.9.